The van der Waals surface area contributed by atoms with Gasteiger partial charge in [-0.05, 0) is 99.6 Å². The van der Waals surface area contributed by atoms with Crippen LogP contribution in [-0.4, -0.2) is 68.6 Å². The lowest BCUT2D eigenvalue weighted by molar-refractivity contribution is -0.147. The molecule has 1 atom stereocenters. The molecule has 6 rings (SSSR count). The largest absolute Gasteiger partial charge is 0.460 e. The number of amides is 2. The first kappa shape index (κ1) is 40.3. The first-order chi connectivity index (χ1) is 25.9. The van der Waals surface area contributed by atoms with Gasteiger partial charge in [0.1, 0.15) is 12.2 Å². The summed E-state index contributed by atoms with van der Waals surface area (Å²) in [6.07, 6.45) is 0.433. The summed E-state index contributed by atoms with van der Waals surface area (Å²) in [5, 5.41) is 2.94. The zero-order valence-electron chi connectivity index (χ0n) is 32.9. The summed E-state index contributed by atoms with van der Waals surface area (Å²) in [5.74, 6) is -0.477. The Bertz CT molecular complexity index is 1990. The second kappa shape index (κ2) is 16.0. The normalized spacial score (nSPS) is 19.5. The fourth-order valence-electron chi connectivity index (χ4n) is 7.66. The number of rotatable bonds is 11. The quantitative estimate of drug-likeness (QED) is 0.151. The van der Waals surface area contributed by atoms with E-state index in [1.165, 1.54) is 12.1 Å². The van der Waals surface area contributed by atoms with Crippen molar-refractivity contribution >= 4 is 46.3 Å². The maximum Gasteiger partial charge on any atom is 0.410 e. The standard InChI is InChI=1S/C42H53F2N5O5S/c1-27(40(2,3)4)48(24-35(50)53-25-28-12-9-8-10-13-28)23-29-14-15-32-31(20-29)45-38(46-37(51)34-17-16-33(55-34)36(43)44)49(32)30-21-42(22-30)18-11-19-47(26-42)39(52)54-41(5,6)7/h8-10,12-17,20,27,30,36H,11,18-19,21-26H2,1-7H3,(H,45,46,51)/t27-,30?,42?/m0/s1. The monoisotopic (exact) mass is 777 g/mol. The Labute approximate surface area is 326 Å². The number of likely N-dealkylation sites (tertiary alicyclic amines) is 1. The summed E-state index contributed by atoms with van der Waals surface area (Å²) in [7, 11) is 0. The molecule has 0 unspecified atom stereocenters. The highest BCUT2D eigenvalue weighted by molar-refractivity contribution is 7.14. The molecule has 1 N–H and O–H groups in total. The molecule has 2 fully saturated rings. The number of fused-ring (bicyclic) bond motifs is 1. The lowest BCUT2D eigenvalue weighted by Gasteiger charge is -2.53. The Morgan fingerprint density at radius 3 is 2.40 bits per heavy atom. The van der Waals surface area contributed by atoms with E-state index in [1.807, 2.05) is 78.8 Å². The Morgan fingerprint density at radius 2 is 1.75 bits per heavy atom. The van der Waals surface area contributed by atoms with Crippen molar-refractivity contribution in [2.75, 3.05) is 25.0 Å². The molecule has 4 aromatic rings. The van der Waals surface area contributed by atoms with Crippen LogP contribution in [0.2, 0.25) is 0 Å². The summed E-state index contributed by atoms with van der Waals surface area (Å²) < 4.78 is 40.2. The second-order valence-electron chi connectivity index (χ2n) is 17.2. The molecule has 0 bridgehead atoms. The maximum absolute atomic E-state index is 13.5. The molecule has 10 nitrogen and oxygen atoms in total. The third kappa shape index (κ3) is 9.72. The van der Waals surface area contributed by atoms with Crippen molar-refractivity contribution in [3.8, 4) is 0 Å². The number of anilines is 1. The molecule has 1 aliphatic heterocycles. The zero-order chi connectivity index (χ0) is 39.7. The van der Waals surface area contributed by atoms with Crippen molar-refractivity contribution in [3.63, 3.8) is 0 Å². The van der Waals surface area contributed by atoms with Crippen LogP contribution >= 0.6 is 11.3 Å². The smallest absolute Gasteiger partial charge is 0.410 e. The molecule has 1 saturated carbocycles. The van der Waals surface area contributed by atoms with Crippen LogP contribution < -0.4 is 5.32 Å². The molecule has 296 valence electrons. The highest BCUT2D eigenvalue weighted by Gasteiger charge is 2.49. The lowest BCUT2D eigenvalue weighted by Crippen LogP contribution is -2.53. The minimum atomic E-state index is -2.66. The van der Waals surface area contributed by atoms with E-state index in [0.717, 1.165) is 53.7 Å². The fraction of sp³-hybridized carbons (Fsp3) is 0.524. The number of alkyl halides is 2. The summed E-state index contributed by atoms with van der Waals surface area (Å²) >= 11 is 0.762. The topological polar surface area (TPSA) is 106 Å². The zero-order valence-corrected chi connectivity index (χ0v) is 33.7. The Kier molecular flexibility index (Phi) is 11.7. The number of imidazole rings is 1. The summed E-state index contributed by atoms with van der Waals surface area (Å²) in [6.45, 7) is 16.1. The number of thiophene rings is 1. The number of halogens is 2. The van der Waals surface area contributed by atoms with Gasteiger partial charge in [-0.15, -0.1) is 11.3 Å². The third-order valence-corrected chi connectivity index (χ3v) is 11.9. The lowest BCUT2D eigenvalue weighted by atomic mass is 9.61. The molecule has 55 heavy (non-hydrogen) atoms. The number of hydrogen-bond donors (Lipinski definition) is 1. The van der Waals surface area contributed by atoms with E-state index >= 15 is 0 Å². The third-order valence-electron chi connectivity index (χ3n) is 10.8. The molecular weight excluding hydrogens is 725 g/mol. The maximum atomic E-state index is 13.5. The van der Waals surface area contributed by atoms with Gasteiger partial charge in [-0.3, -0.25) is 19.8 Å². The Balaban J connectivity index is 1.25. The minimum Gasteiger partial charge on any atom is -0.460 e. The van der Waals surface area contributed by atoms with E-state index in [9.17, 15) is 23.2 Å². The average Bonchev–Trinajstić information content (AvgIpc) is 3.74. The van der Waals surface area contributed by atoms with Gasteiger partial charge >= 0.3 is 12.1 Å². The van der Waals surface area contributed by atoms with Gasteiger partial charge in [-0.2, -0.15) is 0 Å². The Hall–Kier alpha value is -4.36. The Morgan fingerprint density at radius 1 is 1.02 bits per heavy atom. The number of carbonyl (C=O) groups is 3. The molecule has 13 heteroatoms. The highest BCUT2D eigenvalue weighted by Crippen LogP contribution is 2.55. The number of nitrogens with zero attached hydrogens (tertiary/aromatic N) is 4. The summed E-state index contributed by atoms with van der Waals surface area (Å²) in [4.78, 5) is 48.4. The number of nitrogens with one attached hydrogen (secondary N) is 1. The molecule has 3 heterocycles. The van der Waals surface area contributed by atoms with Gasteiger partial charge in [0.25, 0.3) is 12.3 Å². The van der Waals surface area contributed by atoms with Crippen molar-refractivity contribution in [2.45, 2.75) is 111 Å². The molecule has 2 aromatic carbocycles. The summed E-state index contributed by atoms with van der Waals surface area (Å²) in [6, 6.07) is 18.3. The predicted molar refractivity (Wildman–Crippen MR) is 210 cm³/mol. The summed E-state index contributed by atoms with van der Waals surface area (Å²) in [5.41, 5.74) is 2.55. The van der Waals surface area contributed by atoms with Crippen LogP contribution in [0.4, 0.5) is 19.5 Å². The number of aromatic nitrogens is 2. The SMILES string of the molecule is C[C@H](N(CC(=O)OCc1ccccc1)Cc1ccc2c(c1)nc(NC(=O)c1ccc(C(F)F)s1)n2C1CC2(CCCN(C(=O)OC(C)(C)C)C2)C1)C(C)(C)C. The van der Waals surface area contributed by atoms with Gasteiger partial charge in [-0.25, -0.2) is 18.6 Å². The van der Waals surface area contributed by atoms with E-state index in [-0.39, 0.29) is 57.9 Å². The van der Waals surface area contributed by atoms with E-state index in [4.69, 9.17) is 14.5 Å². The molecule has 1 saturated heterocycles. The van der Waals surface area contributed by atoms with E-state index in [0.29, 0.717) is 31.1 Å². The fourth-order valence-corrected chi connectivity index (χ4v) is 8.42. The number of benzene rings is 2. The molecule has 0 radical (unpaired) electrons. The van der Waals surface area contributed by atoms with Crippen LogP contribution in [0.3, 0.4) is 0 Å². The van der Waals surface area contributed by atoms with Crippen molar-refractivity contribution in [2.24, 2.45) is 10.8 Å². The van der Waals surface area contributed by atoms with Crippen molar-refractivity contribution < 1.29 is 32.6 Å². The molecule has 2 amide bonds. The van der Waals surface area contributed by atoms with Gasteiger partial charge in [0.05, 0.1) is 27.3 Å². The minimum absolute atomic E-state index is 0.0125. The first-order valence-corrected chi connectivity index (χ1v) is 19.8. The predicted octanol–water partition coefficient (Wildman–Crippen LogP) is 9.62. The van der Waals surface area contributed by atoms with Crippen molar-refractivity contribution in [3.05, 3.63) is 81.5 Å². The van der Waals surface area contributed by atoms with Gasteiger partial charge < -0.3 is 18.9 Å². The van der Waals surface area contributed by atoms with Gasteiger partial charge in [0.2, 0.25) is 5.95 Å². The molecular formula is C42H53F2N5O5S. The number of carbonyl (C=O) groups excluding carboxylic acids is 3. The van der Waals surface area contributed by atoms with Crippen LogP contribution in [0.1, 0.15) is 112 Å². The van der Waals surface area contributed by atoms with Gasteiger partial charge in [0, 0.05) is 31.7 Å². The van der Waals surface area contributed by atoms with E-state index in [2.05, 4.69) is 37.9 Å². The van der Waals surface area contributed by atoms with Crippen LogP contribution in [0, 0.1) is 10.8 Å². The number of hydrogen-bond acceptors (Lipinski definition) is 8. The average molecular weight is 778 g/mol. The second-order valence-corrected chi connectivity index (χ2v) is 18.4. The van der Waals surface area contributed by atoms with Crippen LogP contribution in [0.5, 0.6) is 0 Å². The highest BCUT2D eigenvalue weighted by atomic mass is 32.1. The van der Waals surface area contributed by atoms with Crippen molar-refractivity contribution in [1.82, 2.24) is 19.4 Å². The number of esters is 1. The molecule has 1 aliphatic carbocycles. The van der Waals surface area contributed by atoms with Crippen molar-refractivity contribution in [1.29, 1.82) is 0 Å². The molecule has 2 aromatic heterocycles. The molecule has 1 spiro atoms. The van der Waals surface area contributed by atoms with Gasteiger partial charge in [-0.1, -0.05) is 57.2 Å². The van der Waals surface area contributed by atoms with Gasteiger partial charge in [0.15, 0.2) is 0 Å². The number of piperidine rings is 1. The van der Waals surface area contributed by atoms with Crippen LogP contribution in [-0.2, 0) is 27.4 Å². The molecule has 2 aliphatic rings. The first-order valence-electron chi connectivity index (χ1n) is 19.0. The van der Waals surface area contributed by atoms with E-state index in [1.54, 1.807) is 0 Å². The van der Waals surface area contributed by atoms with E-state index < -0.39 is 17.9 Å². The number of ether oxygens (including phenoxy) is 2. The van der Waals surface area contributed by atoms with Crippen LogP contribution in [0.25, 0.3) is 11.0 Å². The van der Waals surface area contributed by atoms with Crippen LogP contribution in [0.15, 0.2) is 60.7 Å².